The van der Waals surface area contributed by atoms with Gasteiger partial charge in [0.1, 0.15) is 11.6 Å². The number of rotatable bonds is 5. The average molecular weight is 335 g/mol. The standard InChI is InChI=1S/C15H21N5O2S/c1-18(2)15(21)11-22-13-8-19(10-14-16-5-6-23-14)7-12-3-4-17-20(12)9-13/h3-6,13H,7-11H2,1-2H3. The van der Waals surface area contributed by atoms with E-state index in [0.717, 1.165) is 30.3 Å². The molecule has 0 saturated heterocycles. The zero-order chi connectivity index (χ0) is 16.2. The molecule has 1 aliphatic rings. The Hall–Kier alpha value is -1.77. The van der Waals surface area contributed by atoms with Crippen molar-refractivity contribution in [3.8, 4) is 0 Å². The molecule has 0 N–H and O–H groups in total. The van der Waals surface area contributed by atoms with E-state index in [0.29, 0.717) is 6.54 Å². The summed E-state index contributed by atoms with van der Waals surface area (Å²) in [6.07, 6.45) is 3.57. The number of hydrogen-bond acceptors (Lipinski definition) is 6. The van der Waals surface area contributed by atoms with Crippen LogP contribution in [0.1, 0.15) is 10.7 Å². The summed E-state index contributed by atoms with van der Waals surface area (Å²) in [5.41, 5.74) is 1.16. The Bertz CT molecular complexity index is 640. The summed E-state index contributed by atoms with van der Waals surface area (Å²) in [6, 6.07) is 2.03. The lowest BCUT2D eigenvalue weighted by Crippen LogP contribution is -2.36. The number of likely N-dealkylation sites (N-methyl/N-ethyl adjacent to an activating group) is 1. The number of ether oxygens (including phenoxy) is 1. The SMILES string of the molecule is CN(C)C(=O)COC1CN(Cc2nccs2)Cc2ccnn2C1. The van der Waals surface area contributed by atoms with Crippen molar-refractivity contribution in [1.82, 2.24) is 24.6 Å². The second kappa shape index (κ2) is 7.20. The third-order valence-corrected chi connectivity index (χ3v) is 4.58. The number of nitrogens with zero attached hydrogens (tertiary/aromatic N) is 5. The molecule has 1 atom stereocenters. The van der Waals surface area contributed by atoms with Gasteiger partial charge in [-0.25, -0.2) is 4.98 Å². The van der Waals surface area contributed by atoms with E-state index >= 15 is 0 Å². The monoisotopic (exact) mass is 335 g/mol. The maximum absolute atomic E-state index is 11.8. The molecule has 1 amide bonds. The Morgan fingerprint density at radius 1 is 1.43 bits per heavy atom. The lowest BCUT2D eigenvalue weighted by atomic mass is 10.3. The molecule has 124 valence electrons. The molecule has 0 fully saturated rings. The Morgan fingerprint density at radius 2 is 2.30 bits per heavy atom. The van der Waals surface area contributed by atoms with Crippen LogP contribution in [-0.4, -0.2) is 63.8 Å². The molecule has 3 heterocycles. The molecule has 23 heavy (non-hydrogen) atoms. The van der Waals surface area contributed by atoms with Gasteiger partial charge in [0.15, 0.2) is 0 Å². The summed E-state index contributed by atoms with van der Waals surface area (Å²) in [5.74, 6) is -0.0265. The fraction of sp³-hybridized carbons (Fsp3) is 0.533. The molecule has 7 nitrogen and oxygen atoms in total. The van der Waals surface area contributed by atoms with E-state index in [4.69, 9.17) is 4.74 Å². The van der Waals surface area contributed by atoms with Crippen LogP contribution in [-0.2, 0) is 29.2 Å². The van der Waals surface area contributed by atoms with Crippen LogP contribution in [0, 0.1) is 0 Å². The first-order chi connectivity index (χ1) is 11.1. The van der Waals surface area contributed by atoms with Crippen molar-refractivity contribution in [2.45, 2.75) is 25.7 Å². The second-order valence-electron chi connectivity index (χ2n) is 5.82. The van der Waals surface area contributed by atoms with Crippen LogP contribution in [0.2, 0.25) is 0 Å². The number of fused-ring (bicyclic) bond motifs is 1. The van der Waals surface area contributed by atoms with Crippen LogP contribution in [0.15, 0.2) is 23.8 Å². The minimum atomic E-state index is -0.0694. The normalized spacial score (nSPS) is 18.4. The number of carbonyl (C=O) groups excluding carboxylic acids is 1. The molecule has 0 radical (unpaired) electrons. The molecule has 0 aromatic carbocycles. The minimum Gasteiger partial charge on any atom is -0.365 e. The first-order valence-electron chi connectivity index (χ1n) is 7.55. The summed E-state index contributed by atoms with van der Waals surface area (Å²) in [5, 5.41) is 7.43. The lowest BCUT2D eigenvalue weighted by Gasteiger charge is -2.23. The molecule has 0 bridgehead atoms. The van der Waals surface area contributed by atoms with Gasteiger partial charge in [0.25, 0.3) is 0 Å². The van der Waals surface area contributed by atoms with Crippen LogP contribution >= 0.6 is 11.3 Å². The quantitative estimate of drug-likeness (QED) is 0.810. The average Bonchev–Trinajstić information content (AvgIpc) is 3.14. The van der Waals surface area contributed by atoms with E-state index in [1.54, 1.807) is 30.3 Å². The van der Waals surface area contributed by atoms with Crippen molar-refractivity contribution >= 4 is 17.2 Å². The number of aromatic nitrogens is 3. The van der Waals surface area contributed by atoms with Gasteiger partial charge in [-0.3, -0.25) is 14.4 Å². The van der Waals surface area contributed by atoms with Crippen molar-refractivity contribution in [3.05, 3.63) is 34.5 Å². The van der Waals surface area contributed by atoms with Crippen molar-refractivity contribution in [1.29, 1.82) is 0 Å². The van der Waals surface area contributed by atoms with Gasteiger partial charge in [-0.1, -0.05) is 0 Å². The van der Waals surface area contributed by atoms with Crippen LogP contribution in [0.25, 0.3) is 0 Å². The predicted molar refractivity (Wildman–Crippen MR) is 86.9 cm³/mol. The smallest absolute Gasteiger partial charge is 0.248 e. The van der Waals surface area contributed by atoms with Gasteiger partial charge in [-0.2, -0.15) is 5.10 Å². The third-order valence-electron chi connectivity index (χ3n) is 3.81. The Kier molecular flexibility index (Phi) is 5.04. The predicted octanol–water partition coefficient (Wildman–Crippen LogP) is 0.829. The van der Waals surface area contributed by atoms with Gasteiger partial charge in [0.2, 0.25) is 5.91 Å². The van der Waals surface area contributed by atoms with Gasteiger partial charge in [0, 0.05) is 45.0 Å². The van der Waals surface area contributed by atoms with E-state index < -0.39 is 0 Å². The zero-order valence-electron chi connectivity index (χ0n) is 13.4. The minimum absolute atomic E-state index is 0.0265. The maximum Gasteiger partial charge on any atom is 0.248 e. The molecule has 2 aromatic heterocycles. The highest BCUT2D eigenvalue weighted by Crippen LogP contribution is 2.17. The van der Waals surface area contributed by atoms with E-state index in [2.05, 4.69) is 15.0 Å². The van der Waals surface area contributed by atoms with Gasteiger partial charge in [-0.15, -0.1) is 11.3 Å². The highest BCUT2D eigenvalue weighted by atomic mass is 32.1. The fourth-order valence-electron chi connectivity index (χ4n) is 2.56. The summed E-state index contributed by atoms with van der Waals surface area (Å²) in [7, 11) is 3.47. The summed E-state index contributed by atoms with van der Waals surface area (Å²) in [6.45, 7) is 3.10. The topological polar surface area (TPSA) is 63.5 Å². The molecule has 0 spiro atoms. The van der Waals surface area contributed by atoms with Gasteiger partial charge in [-0.05, 0) is 6.07 Å². The van der Waals surface area contributed by atoms with Crippen molar-refractivity contribution in [2.75, 3.05) is 27.2 Å². The van der Waals surface area contributed by atoms with Crippen LogP contribution in [0.3, 0.4) is 0 Å². The highest BCUT2D eigenvalue weighted by molar-refractivity contribution is 7.09. The molecule has 0 saturated carbocycles. The Labute approximate surface area is 139 Å². The van der Waals surface area contributed by atoms with E-state index in [1.165, 1.54) is 0 Å². The number of hydrogen-bond donors (Lipinski definition) is 0. The summed E-state index contributed by atoms with van der Waals surface area (Å²) in [4.78, 5) is 20.0. The third kappa shape index (κ3) is 4.15. The Morgan fingerprint density at radius 3 is 3.04 bits per heavy atom. The van der Waals surface area contributed by atoms with Crippen LogP contribution in [0.4, 0.5) is 0 Å². The molecule has 2 aromatic rings. The molecular formula is C15H21N5O2S. The molecule has 1 aliphatic heterocycles. The fourth-order valence-corrected chi connectivity index (χ4v) is 3.22. The van der Waals surface area contributed by atoms with Gasteiger partial charge in [0.05, 0.1) is 24.9 Å². The molecule has 3 rings (SSSR count). The van der Waals surface area contributed by atoms with Crippen molar-refractivity contribution < 1.29 is 9.53 Å². The molecule has 1 unspecified atom stereocenters. The number of carbonyl (C=O) groups is 1. The largest absolute Gasteiger partial charge is 0.365 e. The maximum atomic E-state index is 11.8. The van der Waals surface area contributed by atoms with E-state index in [9.17, 15) is 4.79 Å². The van der Waals surface area contributed by atoms with Crippen LogP contribution in [0.5, 0.6) is 0 Å². The lowest BCUT2D eigenvalue weighted by molar-refractivity contribution is -0.136. The van der Waals surface area contributed by atoms with E-state index in [-0.39, 0.29) is 18.6 Å². The molecule has 8 heteroatoms. The Balaban J connectivity index is 1.68. The van der Waals surface area contributed by atoms with Gasteiger partial charge < -0.3 is 9.64 Å². The van der Waals surface area contributed by atoms with Crippen LogP contribution < -0.4 is 0 Å². The first-order valence-corrected chi connectivity index (χ1v) is 8.43. The zero-order valence-corrected chi connectivity index (χ0v) is 14.2. The van der Waals surface area contributed by atoms with E-state index in [1.807, 2.05) is 28.5 Å². The number of thiazole rings is 1. The summed E-state index contributed by atoms with van der Waals surface area (Å²) >= 11 is 1.65. The molecule has 0 aliphatic carbocycles. The highest BCUT2D eigenvalue weighted by Gasteiger charge is 2.24. The first kappa shape index (κ1) is 16.1. The van der Waals surface area contributed by atoms with Crippen molar-refractivity contribution in [3.63, 3.8) is 0 Å². The number of amides is 1. The summed E-state index contributed by atoms with van der Waals surface area (Å²) < 4.78 is 7.82. The van der Waals surface area contributed by atoms with Crippen molar-refractivity contribution in [2.24, 2.45) is 0 Å². The van der Waals surface area contributed by atoms with Gasteiger partial charge >= 0.3 is 0 Å². The molecular weight excluding hydrogens is 314 g/mol. The second-order valence-corrected chi connectivity index (χ2v) is 6.80.